The van der Waals surface area contributed by atoms with Crippen molar-refractivity contribution in [3.05, 3.63) is 0 Å². The third-order valence-corrected chi connectivity index (χ3v) is 4.31. The molecule has 0 fully saturated rings. The summed E-state index contributed by atoms with van der Waals surface area (Å²) in [7, 11) is 0. The highest BCUT2D eigenvalue weighted by Gasteiger charge is 2.20. The van der Waals surface area contributed by atoms with E-state index in [1.54, 1.807) is 6.92 Å². The number of thioether (sulfide) groups is 2. The maximum atomic E-state index is 11.0. The fourth-order valence-electron chi connectivity index (χ4n) is 1.39. The Labute approximate surface area is 103 Å². The molecular formula is C12H24OS2. The zero-order chi connectivity index (χ0) is 12.1. The van der Waals surface area contributed by atoms with Crippen molar-refractivity contribution in [2.75, 3.05) is 5.75 Å². The molecule has 0 spiro atoms. The van der Waals surface area contributed by atoms with Crippen molar-refractivity contribution in [2.45, 2.75) is 58.0 Å². The first-order chi connectivity index (χ1) is 6.70. The van der Waals surface area contributed by atoms with Crippen LogP contribution >= 0.6 is 23.5 Å². The van der Waals surface area contributed by atoms with Gasteiger partial charge in [0.25, 0.3) is 0 Å². The summed E-state index contributed by atoms with van der Waals surface area (Å²) in [6.07, 6.45) is 1.20. The molecule has 0 radical (unpaired) electrons. The van der Waals surface area contributed by atoms with E-state index in [1.165, 1.54) is 18.2 Å². The van der Waals surface area contributed by atoms with Gasteiger partial charge in [0.1, 0.15) is 0 Å². The van der Waals surface area contributed by atoms with Crippen molar-refractivity contribution in [2.24, 2.45) is 5.92 Å². The molecule has 0 bridgehead atoms. The summed E-state index contributed by atoms with van der Waals surface area (Å²) in [4.78, 5) is 11.0. The van der Waals surface area contributed by atoms with Crippen molar-refractivity contribution in [3.63, 3.8) is 0 Å². The monoisotopic (exact) mass is 248 g/mol. The summed E-state index contributed by atoms with van der Waals surface area (Å²) >= 11 is 3.46. The average molecular weight is 248 g/mol. The maximum absolute atomic E-state index is 11.0. The summed E-state index contributed by atoms with van der Waals surface area (Å²) in [6, 6.07) is 0. The highest BCUT2D eigenvalue weighted by Crippen LogP contribution is 2.33. The van der Waals surface area contributed by atoms with Gasteiger partial charge in [-0.05, 0) is 12.3 Å². The molecule has 0 aliphatic rings. The number of carbonyl (C=O) groups excluding carboxylic acids is 1. The Balaban J connectivity index is 4.12. The van der Waals surface area contributed by atoms with Gasteiger partial charge in [0.05, 0.1) is 0 Å². The van der Waals surface area contributed by atoms with Crippen LogP contribution in [0.2, 0.25) is 0 Å². The molecule has 3 heteroatoms. The molecule has 0 aromatic carbocycles. The fraction of sp³-hybridized carbons (Fsp3) is 0.917. The van der Waals surface area contributed by atoms with Crippen molar-refractivity contribution < 1.29 is 4.79 Å². The number of hydrogen-bond acceptors (Lipinski definition) is 3. The molecule has 0 unspecified atom stereocenters. The molecule has 1 nitrogen and oxygen atoms in total. The lowest BCUT2D eigenvalue weighted by Crippen LogP contribution is -2.19. The van der Waals surface area contributed by atoms with Crippen molar-refractivity contribution in [3.8, 4) is 0 Å². The van der Waals surface area contributed by atoms with Gasteiger partial charge in [-0.15, -0.1) is 0 Å². The van der Waals surface area contributed by atoms with Gasteiger partial charge in [-0.1, -0.05) is 46.4 Å². The van der Waals surface area contributed by atoms with Crippen LogP contribution in [0.4, 0.5) is 0 Å². The predicted molar refractivity (Wildman–Crippen MR) is 73.7 cm³/mol. The molecule has 90 valence electrons. The molecule has 0 aliphatic heterocycles. The molecule has 0 amide bonds. The lowest BCUT2D eigenvalue weighted by Gasteiger charge is -2.26. The minimum atomic E-state index is 0.235. The first-order valence-electron chi connectivity index (χ1n) is 5.52. The molecule has 0 saturated heterocycles. The lowest BCUT2D eigenvalue weighted by molar-refractivity contribution is -0.109. The van der Waals surface area contributed by atoms with E-state index in [0.717, 1.165) is 5.75 Å². The number of carbonyl (C=O) groups is 1. The number of rotatable bonds is 5. The molecule has 0 aromatic heterocycles. The minimum absolute atomic E-state index is 0.235. The Kier molecular flexibility index (Phi) is 7.02. The standard InChI is InChI=1S/C12H24OS2/c1-9(2)7-11(8-14-10(3)13)15-12(4,5)6/h9,11H,7-8H2,1-6H3/t11-/m0/s1. The van der Waals surface area contributed by atoms with Crippen molar-refractivity contribution in [1.29, 1.82) is 0 Å². The highest BCUT2D eigenvalue weighted by atomic mass is 32.2. The Morgan fingerprint density at radius 3 is 2.13 bits per heavy atom. The van der Waals surface area contributed by atoms with Gasteiger partial charge < -0.3 is 0 Å². The van der Waals surface area contributed by atoms with E-state index in [4.69, 9.17) is 0 Å². The Hall–Kier alpha value is 0.370. The first-order valence-corrected chi connectivity index (χ1v) is 7.38. The summed E-state index contributed by atoms with van der Waals surface area (Å²) < 4.78 is 0.289. The van der Waals surface area contributed by atoms with E-state index in [9.17, 15) is 4.79 Å². The zero-order valence-electron chi connectivity index (χ0n) is 10.8. The van der Waals surface area contributed by atoms with Crippen LogP contribution < -0.4 is 0 Å². The topological polar surface area (TPSA) is 17.1 Å². The predicted octanol–water partition coefficient (Wildman–Crippen LogP) is 4.21. The van der Waals surface area contributed by atoms with E-state index in [2.05, 4.69) is 34.6 Å². The summed E-state index contributed by atoms with van der Waals surface area (Å²) in [6.45, 7) is 12.9. The van der Waals surface area contributed by atoms with Crippen LogP contribution in [0.3, 0.4) is 0 Å². The van der Waals surface area contributed by atoms with Gasteiger partial charge in [-0.2, -0.15) is 11.8 Å². The molecule has 0 rings (SSSR count). The molecule has 0 aromatic rings. The van der Waals surface area contributed by atoms with Crippen LogP contribution in [-0.2, 0) is 4.79 Å². The first kappa shape index (κ1) is 15.4. The Morgan fingerprint density at radius 2 is 1.80 bits per heavy atom. The van der Waals surface area contributed by atoms with E-state index >= 15 is 0 Å². The van der Waals surface area contributed by atoms with Crippen LogP contribution in [0.5, 0.6) is 0 Å². The molecule has 0 saturated carbocycles. The molecule has 1 atom stereocenters. The normalized spacial score (nSPS) is 14.3. The third kappa shape index (κ3) is 10.6. The second kappa shape index (κ2) is 6.85. The van der Waals surface area contributed by atoms with Crippen LogP contribution in [0.15, 0.2) is 0 Å². The van der Waals surface area contributed by atoms with Crippen molar-refractivity contribution in [1.82, 2.24) is 0 Å². The molecule has 0 N–H and O–H groups in total. The third-order valence-electron chi connectivity index (χ3n) is 1.73. The Morgan fingerprint density at radius 1 is 1.27 bits per heavy atom. The second-order valence-electron chi connectivity index (χ2n) is 5.28. The van der Waals surface area contributed by atoms with Gasteiger partial charge >= 0.3 is 0 Å². The Bertz CT molecular complexity index is 194. The van der Waals surface area contributed by atoms with Gasteiger partial charge in [0, 0.05) is 22.7 Å². The largest absolute Gasteiger partial charge is 0.288 e. The summed E-state index contributed by atoms with van der Waals surface area (Å²) in [5, 5.41) is 0.831. The van der Waals surface area contributed by atoms with E-state index < -0.39 is 0 Å². The quantitative estimate of drug-likeness (QED) is 0.725. The lowest BCUT2D eigenvalue weighted by atomic mass is 10.1. The van der Waals surface area contributed by atoms with Gasteiger partial charge in [-0.25, -0.2) is 0 Å². The summed E-state index contributed by atoms with van der Waals surface area (Å²) in [5.74, 6) is 1.66. The molecular weight excluding hydrogens is 224 g/mol. The van der Waals surface area contributed by atoms with Crippen molar-refractivity contribution >= 4 is 28.6 Å². The van der Waals surface area contributed by atoms with Gasteiger partial charge in [0.2, 0.25) is 0 Å². The van der Waals surface area contributed by atoms with Crippen LogP contribution in [0.25, 0.3) is 0 Å². The van der Waals surface area contributed by atoms with E-state index in [1.807, 2.05) is 11.8 Å². The highest BCUT2D eigenvalue weighted by molar-refractivity contribution is 8.14. The SMILES string of the molecule is CC(=O)SC[C@H](CC(C)C)SC(C)(C)C. The smallest absolute Gasteiger partial charge is 0.185 e. The zero-order valence-corrected chi connectivity index (χ0v) is 12.4. The molecule has 15 heavy (non-hydrogen) atoms. The fourth-order valence-corrected chi connectivity index (χ4v) is 3.90. The maximum Gasteiger partial charge on any atom is 0.185 e. The second-order valence-corrected chi connectivity index (χ2v) is 8.61. The van der Waals surface area contributed by atoms with E-state index in [0.29, 0.717) is 11.2 Å². The minimum Gasteiger partial charge on any atom is -0.288 e. The molecule has 0 aliphatic carbocycles. The number of hydrogen-bond donors (Lipinski definition) is 0. The molecule has 0 heterocycles. The van der Waals surface area contributed by atoms with Gasteiger partial charge in [0.15, 0.2) is 5.12 Å². The average Bonchev–Trinajstić information content (AvgIpc) is 1.95. The van der Waals surface area contributed by atoms with Gasteiger partial charge in [-0.3, -0.25) is 4.79 Å². The van der Waals surface area contributed by atoms with Crippen LogP contribution in [0, 0.1) is 5.92 Å². The van der Waals surface area contributed by atoms with Crippen LogP contribution in [-0.4, -0.2) is 20.9 Å². The van der Waals surface area contributed by atoms with Crippen LogP contribution in [0.1, 0.15) is 48.0 Å². The van der Waals surface area contributed by atoms with E-state index in [-0.39, 0.29) is 9.86 Å². The summed E-state index contributed by atoms with van der Waals surface area (Å²) in [5.41, 5.74) is 0.